The van der Waals surface area contributed by atoms with Crippen LogP contribution in [0.15, 0.2) is 60.7 Å². The number of benzene rings is 3. The number of aromatic carboxylic acids is 1. The molecule has 0 radical (unpaired) electrons. The van der Waals surface area contributed by atoms with Crippen molar-refractivity contribution in [2.75, 3.05) is 26.4 Å². The molecule has 0 aromatic heterocycles. The summed E-state index contributed by atoms with van der Waals surface area (Å²) in [7, 11) is 0. The Kier molecular flexibility index (Phi) is 6.08. The van der Waals surface area contributed by atoms with Gasteiger partial charge >= 0.3 is 5.97 Å². The highest BCUT2D eigenvalue weighted by Gasteiger charge is 2.14. The summed E-state index contributed by atoms with van der Waals surface area (Å²) in [6.07, 6.45) is 2.27. The molecule has 3 aromatic rings. The van der Waals surface area contributed by atoms with Gasteiger partial charge in [0.1, 0.15) is 12.4 Å². The Labute approximate surface area is 169 Å². The number of hydrogen-bond donors (Lipinski definition) is 1. The summed E-state index contributed by atoms with van der Waals surface area (Å²) in [5.41, 5.74) is 2.30. The normalized spacial score (nSPS) is 16.6. The molecule has 0 spiro atoms. The lowest BCUT2D eigenvalue weighted by Crippen LogP contribution is -2.27. The summed E-state index contributed by atoms with van der Waals surface area (Å²) in [4.78, 5) is 11.3. The maximum atomic E-state index is 11.3. The molecule has 1 fully saturated rings. The third kappa shape index (κ3) is 4.75. The highest BCUT2D eigenvalue weighted by atomic mass is 16.6. The van der Waals surface area contributed by atoms with Crippen LogP contribution in [0.2, 0.25) is 0 Å². The topological polar surface area (TPSA) is 65.0 Å². The lowest BCUT2D eigenvalue weighted by molar-refractivity contribution is -0.0559. The molecular formula is C24H24O5. The molecule has 1 heterocycles. The Hall–Kier alpha value is -2.89. The van der Waals surface area contributed by atoms with Crippen LogP contribution in [-0.2, 0) is 9.47 Å². The van der Waals surface area contributed by atoms with Gasteiger partial charge in [-0.3, -0.25) is 0 Å². The molecular weight excluding hydrogens is 368 g/mol. The van der Waals surface area contributed by atoms with Gasteiger partial charge in [0.05, 0.1) is 24.9 Å². The highest BCUT2D eigenvalue weighted by molar-refractivity contribution is 6.01. The van der Waals surface area contributed by atoms with E-state index in [-0.39, 0.29) is 11.7 Å². The summed E-state index contributed by atoms with van der Waals surface area (Å²) in [6, 6.07) is 19.0. The second kappa shape index (κ2) is 9.07. The van der Waals surface area contributed by atoms with Crippen molar-refractivity contribution in [3.63, 3.8) is 0 Å². The van der Waals surface area contributed by atoms with Crippen molar-refractivity contribution in [1.82, 2.24) is 0 Å². The standard InChI is InChI=1S/C24H24O5/c25-24(26)19-7-6-17-3-1-5-22(23(17)15-19)18-8-10-20(11-9-18)28-13-14-29-21-4-2-12-27-16-21/h1,3,5-11,15,21H,2,4,12-14,16H2,(H,25,26). The van der Waals surface area contributed by atoms with Crippen molar-refractivity contribution < 1.29 is 24.1 Å². The first kappa shape index (κ1) is 19.4. The van der Waals surface area contributed by atoms with E-state index < -0.39 is 5.97 Å². The molecule has 1 aliphatic rings. The fraction of sp³-hybridized carbons (Fsp3) is 0.292. The minimum Gasteiger partial charge on any atom is -0.491 e. The Morgan fingerprint density at radius 3 is 2.69 bits per heavy atom. The second-order valence-electron chi connectivity index (χ2n) is 7.13. The highest BCUT2D eigenvalue weighted by Crippen LogP contribution is 2.30. The van der Waals surface area contributed by atoms with Gasteiger partial charge in [0, 0.05) is 6.61 Å². The number of hydrogen-bond acceptors (Lipinski definition) is 4. The minimum absolute atomic E-state index is 0.178. The Bertz CT molecular complexity index is 974. The average Bonchev–Trinajstić information content (AvgIpc) is 2.77. The van der Waals surface area contributed by atoms with E-state index in [4.69, 9.17) is 14.2 Å². The van der Waals surface area contributed by atoms with E-state index in [2.05, 4.69) is 0 Å². The lowest BCUT2D eigenvalue weighted by atomic mass is 9.97. The summed E-state index contributed by atoms with van der Waals surface area (Å²) >= 11 is 0. The van der Waals surface area contributed by atoms with E-state index in [9.17, 15) is 9.90 Å². The molecule has 1 unspecified atom stereocenters. The molecule has 3 aromatic carbocycles. The van der Waals surface area contributed by atoms with Gasteiger partial charge in [0.2, 0.25) is 0 Å². The van der Waals surface area contributed by atoms with E-state index in [0.717, 1.165) is 47.1 Å². The van der Waals surface area contributed by atoms with Gasteiger partial charge in [0.15, 0.2) is 0 Å². The van der Waals surface area contributed by atoms with Gasteiger partial charge in [-0.25, -0.2) is 4.79 Å². The van der Waals surface area contributed by atoms with Crippen LogP contribution in [0.4, 0.5) is 0 Å². The minimum atomic E-state index is -0.924. The zero-order valence-corrected chi connectivity index (χ0v) is 16.2. The molecule has 29 heavy (non-hydrogen) atoms. The van der Waals surface area contributed by atoms with Crippen LogP contribution in [0.3, 0.4) is 0 Å². The summed E-state index contributed by atoms with van der Waals surface area (Å²) < 4.78 is 17.0. The quantitative estimate of drug-likeness (QED) is 0.586. The number of carbonyl (C=O) groups is 1. The molecule has 1 atom stereocenters. The van der Waals surface area contributed by atoms with Crippen LogP contribution in [-0.4, -0.2) is 43.6 Å². The van der Waals surface area contributed by atoms with Gasteiger partial charge in [-0.15, -0.1) is 0 Å². The Balaban J connectivity index is 1.42. The van der Waals surface area contributed by atoms with Crippen LogP contribution in [0.25, 0.3) is 21.9 Å². The first-order valence-electron chi connectivity index (χ1n) is 9.89. The molecule has 1 N–H and O–H groups in total. The molecule has 150 valence electrons. The first-order chi connectivity index (χ1) is 14.2. The SMILES string of the molecule is O=C(O)c1ccc2cccc(-c3ccc(OCCOC4CCCOC4)cc3)c2c1. The van der Waals surface area contributed by atoms with Crippen molar-refractivity contribution in [3.05, 3.63) is 66.2 Å². The number of ether oxygens (including phenoxy) is 3. The average molecular weight is 392 g/mol. The molecule has 5 nitrogen and oxygen atoms in total. The largest absolute Gasteiger partial charge is 0.491 e. The van der Waals surface area contributed by atoms with Gasteiger partial charge < -0.3 is 19.3 Å². The van der Waals surface area contributed by atoms with Crippen molar-refractivity contribution >= 4 is 16.7 Å². The zero-order chi connectivity index (χ0) is 20.1. The van der Waals surface area contributed by atoms with Crippen LogP contribution >= 0.6 is 0 Å². The molecule has 0 amide bonds. The molecule has 4 rings (SSSR count). The van der Waals surface area contributed by atoms with Crippen LogP contribution in [0, 0.1) is 0 Å². The monoisotopic (exact) mass is 392 g/mol. The van der Waals surface area contributed by atoms with E-state index in [1.807, 2.05) is 48.5 Å². The van der Waals surface area contributed by atoms with E-state index in [0.29, 0.717) is 19.8 Å². The molecule has 0 bridgehead atoms. The zero-order valence-electron chi connectivity index (χ0n) is 16.2. The smallest absolute Gasteiger partial charge is 0.335 e. The Morgan fingerprint density at radius 2 is 1.93 bits per heavy atom. The summed E-state index contributed by atoms with van der Waals surface area (Å²) in [6.45, 7) is 2.53. The van der Waals surface area contributed by atoms with E-state index in [1.54, 1.807) is 12.1 Å². The van der Waals surface area contributed by atoms with Crippen molar-refractivity contribution in [2.24, 2.45) is 0 Å². The van der Waals surface area contributed by atoms with Crippen LogP contribution < -0.4 is 4.74 Å². The molecule has 5 heteroatoms. The van der Waals surface area contributed by atoms with Gasteiger partial charge in [-0.2, -0.15) is 0 Å². The van der Waals surface area contributed by atoms with E-state index >= 15 is 0 Å². The molecule has 1 aliphatic heterocycles. The third-order valence-corrected chi connectivity index (χ3v) is 5.12. The molecule has 1 saturated heterocycles. The van der Waals surface area contributed by atoms with Crippen molar-refractivity contribution in [3.8, 4) is 16.9 Å². The number of carboxylic acids is 1. The van der Waals surface area contributed by atoms with Gasteiger partial charge in [-0.05, 0) is 59.0 Å². The number of rotatable bonds is 7. The van der Waals surface area contributed by atoms with Crippen molar-refractivity contribution in [1.29, 1.82) is 0 Å². The summed E-state index contributed by atoms with van der Waals surface area (Å²) in [5, 5.41) is 11.2. The van der Waals surface area contributed by atoms with Gasteiger partial charge in [0.25, 0.3) is 0 Å². The molecule has 0 aliphatic carbocycles. The maximum absolute atomic E-state index is 11.3. The fourth-order valence-electron chi connectivity index (χ4n) is 3.61. The van der Waals surface area contributed by atoms with Crippen LogP contribution in [0.5, 0.6) is 5.75 Å². The molecule has 0 saturated carbocycles. The van der Waals surface area contributed by atoms with Gasteiger partial charge in [-0.1, -0.05) is 36.4 Å². The fourth-order valence-corrected chi connectivity index (χ4v) is 3.61. The summed E-state index contributed by atoms with van der Waals surface area (Å²) in [5.74, 6) is -0.142. The second-order valence-corrected chi connectivity index (χ2v) is 7.13. The van der Waals surface area contributed by atoms with Crippen molar-refractivity contribution in [2.45, 2.75) is 18.9 Å². The van der Waals surface area contributed by atoms with E-state index in [1.165, 1.54) is 0 Å². The Morgan fingerprint density at radius 1 is 1.07 bits per heavy atom. The lowest BCUT2D eigenvalue weighted by Gasteiger charge is -2.22. The maximum Gasteiger partial charge on any atom is 0.335 e. The number of fused-ring (bicyclic) bond motifs is 1. The third-order valence-electron chi connectivity index (χ3n) is 5.12. The predicted octanol–water partition coefficient (Wildman–Crippen LogP) is 4.78. The number of carboxylic acid groups (broad SMARTS) is 1. The predicted molar refractivity (Wildman–Crippen MR) is 112 cm³/mol. The first-order valence-corrected chi connectivity index (χ1v) is 9.89. The van der Waals surface area contributed by atoms with Crippen LogP contribution in [0.1, 0.15) is 23.2 Å².